The van der Waals surface area contributed by atoms with E-state index in [0.717, 1.165) is 57.5 Å². The lowest BCUT2D eigenvalue weighted by Gasteiger charge is -2.36. The number of ether oxygens (including phenoxy) is 1. The molecule has 1 amide bonds. The van der Waals surface area contributed by atoms with Gasteiger partial charge in [0, 0.05) is 30.7 Å². The van der Waals surface area contributed by atoms with E-state index >= 15 is 0 Å². The zero-order chi connectivity index (χ0) is 17.6. The normalized spacial score (nSPS) is 19.5. The fourth-order valence-corrected chi connectivity index (χ4v) is 3.66. The number of benzene rings is 1. The fraction of sp³-hybridized carbons (Fsp3) is 0.579. The first-order valence-electron chi connectivity index (χ1n) is 9.12. The third-order valence-corrected chi connectivity index (χ3v) is 5.15. The van der Waals surface area contributed by atoms with Crippen LogP contribution in [0.25, 0.3) is 0 Å². The highest BCUT2D eigenvalue weighted by atomic mass is 16.5. The molecule has 3 rings (SSSR count). The molecule has 0 unspecified atom stereocenters. The summed E-state index contributed by atoms with van der Waals surface area (Å²) in [6, 6.07) is 7.70. The molecule has 1 aromatic rings. The smallest absolute Gasteiger partial charge is 0.337 e. The Morgan fingerprint density at radius 2 is 1.88 bits per heavy atom. The van der Waals surface area contributed by atoms with Crippen LogP contribution >= 0.6 is 0 Å². The van der Waals surface area contributed by atoms with E-state index in [4.69, 9.17) is 4.74 Å². The van der Waals surface area contributed by atoms with Gasteiger partial charge in [0.25, 0.3) is 0 Å². The predicted octanol–water partition coefficient (Wildman–Crippen LogP) is 1.88. The number of piperidine rings is 2. The molecule has 0 aromatic heterocycles. The van der Waals surface area contributed by atoms with Gasteiger partial charge in [0.2, 0.25) is 5.91 Å². The molecule has 2 aliphatic rings. The molecule has 2 N–H and O–H groups in total. The summed E-state index contributed by atoms with van der Waals surface area (Å²) in [6.07, 6.45) is 3.77. The number of carbonyl (C=O) groups excluding carboxylic acids is 2. The first-order valence-corrected chi connectivity index (χ1v) is 9.12. The minimum Gasteiger partial charge on any atom is -0.465 e. The van der Waals surface area contributed by atoms with Crippen molar-refractivity contribution >= 4 is 17.6 Å². The summed E-state index contributed by atoms with van der Waals surface area (Å²) in [5, 5.41) is 6.79. The Morgan fingerprint density at radius 1 is 1.16 bits per heavy atom. The van der Waals surface area contributed by atoms with Crippen LogP contribution in [0.4, 0.5) is 5.69 Å². The topological polar surface area (TPSA) is 70.7 Å². The number of esters is 1. The van der Waals surface area contributed by atoms with Crippen molar-refractivity contribution in [3.8, 4) is 0 Å². The minimum absolute atomic E-state index is 0.197. The van der Waals surface area contributed by atoms with Crippen LogP contribution in [0, 0.1) is 5.92 Å². The average molecular weight is 345 g/mol. The first-order chi connectivity index (χ1) is 12.2. The van der Waals surface area contributed by atoms with Crippen LogP contribution in [-0.4, -0.2) is 56.1 Å². The molecule has 0 bridgehead atoms. The summed E-state index contributed by atoms with van der Waals surface area (Å²) < 4.78 is 4.76. The predicted molar refractivity (Wildman–Crippen MR) is 96.6 cm³/mol. The van der Waals surface area contributed by atoms with Crippen LogP contribution in [-0.2, 0) is 9.53 Å². The van der Waals surface area contributed by atoms with Crippen molar-refractivity contribution in [1.29, 1.82) is 0 Å². The lowest BCUT2D eigenvalue weighted by atomic mass is 9.95. The van der Waals surface area contributed by atoms with Crippen LogP contribution in [0.3, 0.4) is 0 Å². The molecular formula is C19H27N3O3. The Morgan fingerprint density at radius 3 is 2.56 bits per heavy atom. The van der Waals surface area contributed by atoms with E-state index in [2.05, 4.69) is 10.6 Å². The van der Waals surface area contributed by atoms with Crippen LogP contribution in [0.2, 0.25) is 0 Å². The maximum absolute atomic E-state index is 12.6. The maximum Gasteiger partial charge on any atom is 0.337 e. The summed E-state index contributed by atoms with van der Waals surface area (Å²) in [4.78, 5) is 26.3. The summed E-state index contributed by atoms with van der Waals surface area (Å²) >= 11 is 0. The third kappa shape index (κ3) is 4.51. The highest BCUT2D eigenvalue weighted by Crippen LogP contribution is 2.21. The van der Waals surface area contributed by atoms with Crippen LogP contribution in [0.5, 0.6) is 0 Å². The molecule has 2 aliphatic heterocycles. The van der Waals surface area contributed by atoms with Gasteiger partial charge >= 0.3 is 5.97 Å². The van der Waals surface area contributed by atoms with E-state index in [-0.39, 0.29) is 11.9 Å². The summed E-state index contributed by atoms with van der Waals surface area (Å²) in [7, 11) is 1.39. The SMILES string of the molecule is COC(=O)c1cccc(NC2CCN(C(=O)C3CCNCC3)CC2)c1. The van der Waals surface area contributed by atoms with Crippen LogP contribution < -0.4 is 10.6 Å². The van der Waals surface area contributed by atoms with E-state index < -0.39 is 0 Å². The summed E-state index contributed by atoms with van der Waals surface area (Å²) in [5.74, 6) is 0.196. The highest BCUT2D eigenvalue weighted by Gasteiger charge is 2.29. The van der Waals surface area contributed by atoms with E-state index in [1.165, 1.54) is 7.11 Å². The molecule has 0 aliphatic carbocycles. The van der Waals surface area contributed by atoms with Crippen molar-refractivity contribution in [2.45, 2.75) is 31.7 Å². The number of anilines is 1. The molecule has 1 aromatic carbocycles. The fourth-order valence-electron chi connectivity index (χ4n) is 3.66. The van der Waals surface area contributed by atoms with Crippen LogP contribution in [0.15, 0.2) is 24.3 Å². The van der Waals surface area contributed by atoms with Gasteiger partial charge in [-0.15, -0.1) is 0 Å². The Labute approximate surface area is 148 Å². The van der Waals surface area contributed by atoms with Crippen molar-refractivity contribution < 1.29 is 14.3 Å². The van der Waals surface area contributed by atoms with Gasteiger partial charge in [0.15, 0.2) is 0 Å². The molecule has 2 saturated heterocycles. The van der Waals surface area contributed by atoms with Gasteiger partial charge in [-0.2, -0.15) is 0 Å². The number of hydrogen-bond donors (Lipinski definition) is 2. The molecule has 0 atom stereocenters. The van der Waals surface area contributed by atoms with Crippen molar-refractivity contribution in [2.24, 2.45) is 5.92 Å². The number of hydrogen-bond acceptors (Lipinski definition) is 5. The molecule has 2 fully saturated rings. The second kappa shape index (κ2) is 8.34. The lowest BCUT2D eigenvalue weighted by Crippen LogP contribution is -2.46. The molecule has 0 radical (unpaired) electrons. The van der Waals surface area contributed by atoms with Gasteiger partial charge in [-0.3, -0.25) is 4.79 Å². The Bertz CT molecular complexity index is 606. The summed E-state index contributed by atoms with van der Waals surface area (Å²) in [5.41, 5.74) is 1.47. The molecule has 6 nitrogen and oxygen atoms in total. The molecule has 2 heterocycles. The summed E-state index contributed by atoms with van der Waals surface area (Å²) in [6.45, 7) is 3.50. The molecule has 136 valence electrons. The molecule has 25 heavy (non-hydrogen) atoms. The van der Waals surface area contributed by atoms with Crippen molar-refractivity contribution in [3.63, 3.8) is 0 Å². The van der Waals surface area contributed by atoms with Crippen molar-refractivity contribution in [2.75, 3.05) is 38.6 Å². The van der Waals surface area contributed by atoms with Crippen LogP contribution in [0.1, 0.15) is 36.0 Å². The second-order valence-electron chi connectivity index (χ2n) is 6.84. The zero-order valence-electron chi connectivity index (χ0n) is 14.8. The van der Waals surface area contributed by atoms with Crippen molar-refractivity contribution in [3.05, 3.63) is 29.8 Å². The monoisotopic (exact) mass is 345 g/mol. The number of carbonyl (C=O) groups is 2. The third-order valence-electron chi connectivity index (χ3n) is 5.15. The molecule has 0 spiro atoms. The number of nitrogens with one attached hydrogen (secondary N) is 2. The standard InChI is InChI=1S/C19H27N3O3/c1-25-19(24)15-3-2-4-17(13-15)21-16-7-11-22(12-8-16)18(23)14-5-9-20-10-6-14/h2-4,13-14,16,20-21H,5-12H2,1H3. The average Bonchev–Trinajstić information content (AvgIpc) is 2.68. The van der Waals surface area contributed by atoms with E-state index in [9.17, 15) is 9.59 Å². The molecular weight excluding hydrogens is 318 g/mol. The highest BCUT2D eigenvalue weighted by molar-refractivity contribution is 5.90. The van der Waals surface area contributed by atoms with Gasteiger partial charge < -0.3 is 20.3 Å². The number of nitrogens with zero attached hydrogens (tertiary/aromatic N) is 1. The van der Waals surface area contributed by atoms with E-state index in [1.807, 2.05) is 23.1 Å². The largest absolute Gasteiger partial charge is 0.465 e. The number of methoxy groups -OCH3 is 1. The molecule has 0 saturated carbocycles. The number of rotatable bonds is 4. The Kier molecular flexibility index (Phi) is 5.91. The quantitative estimate of drug-likeness (QED) is 0.816. The Hall–Kier alpha value is -2.08. The maximum atomic E-state index is 12.6. The minimum atomic E-state index is -0.328. The lowest BCUT2D eigenvalue weighted by molar-refractivity contribution is -0.137. The van der Waals surface area contributed by atoms with E-state index in [0.29, 0.717) is 17.5 Å². The second-order valence-corrected chi connectivity index (χ2v) is 6.84. The first kappa shape index (κ1) is 17.7. The number of amides is 1. The van der Waals surface area contributed by atoms with Gasteiger partial charge in [0.1, 0.15) is 0 Å². The Balaban J connectivity index is 1.51. The molecule has 6 heteroatoms. The van der Waals surface area contributed by atoms with Gasteiger partial charge in [-0.25, -0.2) is 4.79 Å². The zero-order valence-corrected chi connectivity index (χ0v) is 14.8. The number of likely N-dealkylation sites (tertiary alicyclic amines) is 1. The van der Waals surface area contributed by atoms with Gasteiger partial charge in [-0.05, 0) is 57.0 Å². The van der Waals surface area contributed by atoms with Gasteiger partial charge in [-0.1, -0.05) is 6.07 Å². The van der Waals surface area contributed by atoms with E-state index in [1.54, 1.807) is 6.07 Å². The van der Waals surface area contributed by atoms with Gasteiger partial charge in [0.05, 0.1) is 12.7 Å². The van der Waals surface area contributed by atoms with Crippen molar-refractivity contribution in [1.82, 2.24) is 10.2 Å².